The van der Waals surface area contributed by atoms with Crippen molar-refractivity contribution in [3.05, 3.63) is 0 Å². The summed E-state index contributed by atoms with van der Waals surface area (Å²) in [6, 6.07) is -0.129. The third-order valence-electron chi connectivity index (χ3n) is 4.57. The van der Waals surface area contributed by atoms with E-state index in [1.54, 1.807) is 16.7 Å². The molecule has 1 N–H and O–H groups in total. The molecule has 2 fully saturated rings. The van der Waals surface area contributed by atoms with Crippen LogP contribution in [0, 0.1) is 11.3 Å². The predicted octanol–water partition coefficient (Wildman–Crippen LogP) is 2.37. The van der Waals surface area contributed by atoms with Crippen LogP contribution < -0.4 is 0 Å². The number of carboxylic acids is 1. The number of carbonyl (C=O) groups excluding carboxylic acids is 1. The van der Waals surface area contributed by atoms with Gasteiger partial charge < -0.3 is 14.9 Å². The highest BCUT2D eigenvalue weighted by Gasteiger charge is 2.38. The summed E-state index contributed by atoms with van der Waals surface area (Å²) in [7, 11) is 0. The van der Waals surface area contributed by atoms with Crippen LogP contribution in [-0.4, -0.2) is 64.1 Å². The molecule has 21 heavy (non-hydrogen) atoms. The second-order valence-electron chi connectivity index (χ2n) is 7.10. The van der Waals surface area contributed by atoms with E-state index in [9.17, 15) is 9.59 Å². The fourth-order valence-electron chi connectivity index (χ4n) is 3.10. The van der Waals surface area contributed by atoms with E-state index < -0.39 is 5.97 Å². The lowest BCUT2D eigenvalue weighted by Crippen LogP contribution is -2.52. The molecule has 0 radical (unpaired) electrons. The van der Waals surface area contributed by atoms with E-state index >= 15 is 0 Å². The Balaban J connectivity index is 1.99. The van der Waals surface area contributed by atoms with Crippen molar-refractivity contribution in [1.82, 2.24) is 9.80 Å². The van der Waals surface area contributed by atoms with Crippen LogP contribution >= 0.6 is 11.8 Å². The van der Waals surface area contributed by atoms with Crippen LogP contribution in [0.5, 0.6) is 0 Å². The molecule has 5 nitrogen and oxygen atoms in total. The maximum absolute atomic E-state index is 12.7. The molecular weight excluding hydrogens is 288 g/mol. The van der Waals surface area contributed by atoms with Gasteiger partial charge in [0.2, 0.25) is 0 Å². The van der Waals surface area contributed by atoms with E-state index in [4.69, 9.17) is 5.11 Å². The first-order chi connectivity index (χ1) is 9.79. The van der Waals surface area contributed by atoms with Crippen LogP contribution in [0.3, 0.4) is 0 Å². The van der Waals surface area contributed by atoms with Crippen molar-refractivity contribution in [2.75, 3.05) is 31.1 Å². The van der Waals surface area contributed by atoms with Gasteiger partial charge in [-0.1, -0.05) is 20.8 Å². The number of hydrogen-bond donors (Lipinski definition) is 1. The number of amides is 2. The van der Waals surface area contributed by atoms with E-state index in [-0.39, 0.29) is 23.9 Å². The van der Waals surface area contributed by atoms with E-state index in [1.807, 2.05) is 4.90 Å². The minimum atomic E-state index is -0.825. The largest absolute Gasteiger partial charge is 0.481 e. The summed E-state index contributed by atoms with van der Waals surface area (Å²) in [5.74, 6) is 1.33. The van der Waals surface area contributed by atoms with Crippen LogP contribution in [0.1, 0.15) is 33.6 Å². The van der Waals surface area contributed by atoms with Crippen molar-refractivity contribution >= 4 is 23.8 Å². The lowest BCUT2D eigenvalue weighted by Gasteiger charge is -2.37. The first-order valence-corrected chi connectivity index (χ1v) is 8.79. The van der Waals surface area contributed by atoms with E-state index in [0.29, 0.717) is 12.5 Å². The summed E-state index contributed by atoms with van der Waals surface area (Å²) >= 11 is 1.74. The number of nitrogens with zero attached hydrogens (tertiary/aromatic N) is 2. The van der Waals surface area contributed by atoms with Gasteiger partial charge in [0, 0.05) is 31.1 Å². The highest BCUT2D eigenvalue weighted by Crippen LogP contribution is 2.34. The van der Waals surface area contributed by atoms with Gasteiger partial charge in [0.15, 0.2) is 0 Å². The molecule has 0 spiro atoms. The average Bonchev–Trinajstić information content (AvgIpc) is 2.87. The van der Waals surface area contributed by atoms with Crippen LogP contribution in [0.15, 0.2) is 0 Å². The van der Waals surface area contributed by atoms with Crippen molar-refractivity contribution in [2.24, 2.45) is 11.3 Å². The lowest BCUT2D eigenvalue weighted by atomic mass is 9.80. The van der Waals surface area contributed by atoms with Crippen LogP contribution in [0.4, 0.5) is 4.79 Å². The number of rotatable bonds is 2. The molecule has 2 rings (SSSR count). The fourth-order valence-corrected chi connectivity index (χ4v) is 4.16. The lowest BCUT2D eigenvalue weighted by molar-refractivity contribution is -0.138. The smallest absolute Gasteiger partial charge is 0.320 e. The number of carbonyl (C=O) groups is 2. The topological polar surface area (TPSA) is 60.9 Å². The van der Waals surface area contributed by atoms with Gasteiger partial charge in [0.1, 0.15) is 0 Å². The second-order valence-corrected chi connectivity index (χ2v) is 8.25. The van der Waals surface area contributed by atoms with Crippen molar-refractivity contribution in [3.8, 4) is 0 Å². The molecule has 2 saturated heterocycles. The third-order valence-corrected chi connectivity index (χ3v) is 5.66. The van der Waals surface area contributed by atoms with Crippen molar-refractivity contribution in [2.45, 2.75) is 39.7 Å². The molecule has 0 bridgehead atoms. The quantitative estimate of drug-likeness (QED) is 0.850. The number of urea groups is 1. The Hall–Kier alpha value is -0.910. The Morgan fingerprint density at radius 3 is 2.57 bits per heavy atom. The van der Waals surface area contributed by atoms with Crippen LogP contribution in [-0.2, 0) is 4.79 Å². The van der Waals surface area contributed by atoms with Gasteiger partial charge >= 0.3 is 12.0 Å². The van der Waals surface area contributed by atoms with Crippen molar-refractivity contribution < 1.29 is 14.7 Å². The number of hydrogen-bond acceptors (Lipinski definition) is 3. The Labute approximate surface area is 131 Å². The van der Waals surface area contributed by atoms with Gasteiger partial charge in [0.05, 0.1) is 12.5 Å². The normalized spacial score (nSPS) is 27.0. The monoisotopic (exact) mass is 314 g/mol. The van der Waals surface area contributed by atoms with Crippen molar-refractivity contribution in [1.29, 1.82) is 0 Å². The predicted molar refractivity (Wildman–Crippen MR) is 84.6 cm³/mol. The molecule has 0 aromatic rings. The first kappa shape index (κ1) is 16.5. The number of carboxylic acid groups (broad SMARTS) is 1. The molecule has 0 saturated carbocycles. The molecule has 2 unspecified atom stereocenters. The van der Waals surface area contributed by atoms with Crippen molar-refractivity contribution in [3.63, 3.8) is 0 Å². The van der Waals surface area contributed by atoms with Gasteiger partial charge in [-0.3, -0.25) is 4.79 Å². The highest BCUT2D eigenvalue weighted by atomic mass is 32.2. The SMILES string of the molecule is CC(C)(C)C1CCN(C(=O)N2CCSCC2CC(=O)O)C1. The van der Waals surface area contributed by atoms with E-state index in [0.717, 1.165) is 31.0 Å². The average molecular weight is 314 g/mol. The second kappa shape index (κ2) is 6.46. The summed E-state index contributed by atoms with van der Waals surface area (Å²) in [4.78, 5) is 27.4. The molecule has 2 heterocycles. The zero-order valence-electron chi connectivity index (χ0n) is 13.2. The molecule has 2 atom stereocenters. The standard InChI is InChI=1S/C15H26N2O3S/c1-15(2,3)11-4-5-16(9-11)14(20)17-6-7-21-10-12(17)8-13(18)19/h11-12H,4-10H2,1-3H3,(H,18,19). The van der Waals surface area contributed by atoms with E-state index in [2.05, 4.69) is 20.8 Å². The Morgan fingerprint density at radius 2 is 2.00 bits per heavy atom. The van der Waals surface area contributed by atoms with Gasteiger partial charge in [-0.2, -0.15) is 11.8 Å². The molecule has 2 aliphatic rings. The summed E-state index contributed by atoms with van der Waals surface area (Å²) in [6.07, 6.45) is 1.09. The maximum atomic E-state index is 12.7. The molecule has 0 aliphatic carbocycles. The summed E-state index contributed by atoms with van der Waals surface area (Å²) < 4.78 is 0. The van der Waals surface area contributed by atoms with Crippen LogP contribution in [0.2, 0.25) is 0 Å². The number of thioether (sulfide) groups is 1. The van der Waals surface area contributed by atoms with Gasteiger partial charge in [0.25, 0.3) is 0 Å². The molecule has 2 amide bonds. The number of likely N-dealkylation sites (tertiary alicyclic amines) is 1. The minimum Gasteiger partial charge on any atom is -0.481 e. The summed E-state index contributed by atoms with van der Waals surface area (Å²) in [5.41, 5.74) is 0.216. The van der Waals surface area contributed by atoms with Crippen LogP contribution in [0.25, 0.3) is 0 Å². The molecular formula is C15H26N2O3S. The Morgan fingerprint density at radius 1 is 1.29 bits per heavy atom. The Kier molecular flexibility index (Phi) is 5.07. The molecule has 0 aromatic heterocycles. The van der Waals surface area contributed by atoms with Gasteiger partial charge in [-0.05, 0) is 17.8 Å². The van der Waals surface area contributed by atoms with E-state index in [1.165, 1.54) is 0 Å². The Bertz CT molecular complexity index is 408. The molecule has 0 aromatic carbocycles. The minimum absolute atomic E-state index is 0.0355. The van der Waals surface area contributed by atoms with Gasteiger partial charge in [-0.25, -0.2) is 4.79 Å². The summed E-state index contributed by atoms with van der Waals surface area (Å²) in [5, 5.41) is 9.02. The first-order valence-electron chi connectivity index (χ1n) is 7.64. The highest BCUT2D eigenvalue weighted by molar-refractivity contribution is 7.99. The maximum Gasteiger partial charge on any atom is 0.320 e. The molecule has 6 heteroatoms. The third kappa shape index (κ3) is 4.05. The molecule has 2 aliphatic heterocycles. The summed E-state index contributed by atoms with van der Waals surface area (Å²) in [6.45, 7) is 8.91. The number of aliphatic carboxylic acids is 1. The van der Waals surface area contributed by atoms with Gasteiger partial charge in [-0.15, -0.1) is 0 Å². The molecule has 120 valence electrons. The fraction of sp³-hybridized carbons (Fsp3) is 0.867. The zero-order valence-corrected chi connectivity index (χ0v) is 14.0. The zero-order chi connectivity index (χ0) is 15.6.